The highest BCUT2D eigenvalue weighted by molar-refractivity contribution is 6.30. The summed E-state index contributed by atoms with van der Waals surface area (Å²) in [7, 11) is 0. The maximum atomic E-state index is 5.83. The van der Waals surface area contributed by atoms with Crippen LogP contribution < -0.4 is 5.73 Å². The maximum absolute atomic E-state index is 5.83. The molecule has 1 heterocycles. The Bertz CT molecular complexity index is 491. The van der Waals surface area contributed by atoms with Crippen molar-refractivity contribution in [2.45, 2.75) is 19.8 Å². The minimum Gasteiger partial charge on any atom is -0.445 e. The lowest BCUT2D eigenvalue weighted by atomic mass is 10.1. The van der Waals surface area contributed by atoms with Crippen LogP contribution in [0.4, 0.5) is 0 Å². The van der Waals surface area contributed by atoms with Gasteiger partial charge in [0.1, 0.15) is 5.76 Å². The van der Waals surface area contributed by atoms with Crippen LogP contribution in [0, 0.1) is 6.92 Å². The smallest absolute Gasteiger partial charge is 0.199 e. The summed E-state index contributed by atoms with van der Waals surface area (Å²) in [4.78, 5) is 4.44. The molecule has 0 saturated heterocycles. The molecule has 2 rings (SSSR count). The topological polar surface area (TPSA) is 52.0 Å². The van der Waals surface area contributed by atoms with Crippen LogP contribution in [-0.2, 0) is 12.8 Å². The molecule has 2 N–H and O–H groups in total. The lowest BCUT2D eigenvalue weighted by molar-refractivity contribution is 0.480. The molecule has 3 nitrogen and oxygen atoms in total. The molecule has 0 unspecified atom stereocenters. The Morgan fingerprint density at radius 3 is 2.65 bits per heavy atom. The van der Waals surface area contributed by atoms with Crippen LogP contribution in [0.3, 0.4) is 0 Å². The van der Waals surface area contributed by atoms with Gasteiger partial charge in [0.05, 0.1) is 5.69 Å². The van der Waals surface area contributed by atoms with Gasteiger partial charge in [-0.15, -0.1) is 0 Å². The summed E-state index contributed by atoms with van der Waals surface area (Å²) < 4.78 is 5.60. The van der Waals surface area contributed by atoms with E-state index in [0.29, 0.717) is 13.0 Å². The Kier molecular flexibility index (Phi) is 3.82. The third-order valence-electron chi connectivity index (χ3n) is 2.59. The number of benzene rings is 1. The molecule has 0 saturated carbocycles. The van der Waals surface area contributed by atoms with Gasteiger partial charge in [0.15, 0.2) is 5.89 Å². The third-order valence-corrected chi connectivity index (χ3v) is 2.84. The zero-order valence-corrected chi connectivity index (χ0v) is 10.5. The first-order valence-electron chi connectivity index (χ1n) is 5.58. The van der Waals surface area contributed by atoms with Crippen molar-refractivity contribution in [3.8, 4) is 0 Å². The summed E-state index contributed by atoms with van der Waals surface area (Å²) in [5, 5.41) is 0.737. The fraction of sp³-hybridized carbons (Fsp3) is 0.308. The van der Waals surface area contributed by atoms with Gasteiger partial charge in [-0.3, -0.25) is 0 Å². The summed E-state index contributed by atoms with van der Waals surface area (Å²) in [6.45, 7) is 2.51. The van der Waals surface area contributed by atoms with E-state index < -0.39 is 0 Å². The summed E-state index contributed by atoms with van der Waals surface area (Å²) in [5.74, 6) is 1.59. The summed E-state index contributed by atoms with van der Waals surface area (Å²) >= 11 is 5.83. The van der Waals surface area contributed by atoms with Crippen molar-refractivity contribution in [1.29, 1.82) is 0 Å². The van der Waals surface area contributed by atoms with Gasteiger partial charge in [0.25, 0.3) is 0 Å². The minimum atomic E-state index is 0.591. The average molecular weight is 251 g/mol. The number of oxazole rings is 1. The monoisotopic (exact) mass is 250 g/mol. The number of aromatic nitrogens is 1. The van der Waals surface area contributed by atoms with E-state index in [-0.39, 0.29) is 0 Å². The Morgan fingerprint density at radius 1 is 1.29 bits per heavy atom. The molecule has 1 aromatic heterocycles. The molecule has 0 aliphatic rings. The van der Waals surface area contributed by atoms with Crippen molar-refractivity contribution in [2.75, 3.05) is 6.54 Å². The second-order valence-corrected chi connectivity index (χ2v) is 4.39. The molecule has 0 spiro atoms. The van der Waals surface area contributed by atoms with Crippen LogP contribution in [0.25, 0.3) is 0 Å². The van der Waals surface area contributed by atoms with Crippen molar-refractivity contribution in [2.24, 2.45) is 5.73 Å². The van der Waals surface area contributed by atoms with E-state index in [1.54, 1.807) is 0 Å². The van der Waals surface area contributed by atoms with Gasteiger partial charge in [-0.1, -0.05) is 23.7 Å². The Balaban J connectivity index is 2.13. The largest absolute Gasteiger partial charge is 0.445 e. The molecule has 0 aliphatic heterocycles. The second kappa shape index (κ2) is 5.34. The molecule has 0 atom stereocenters. The second-order valence-electron chi connectivity index (χ2n) is 3.95. The number of hydrogen-bond acceptors (Lipinski definition) is 3. The molecule has 17 heavy (non-hydrogen) atoms. The Morgan fingerprint density at radius 2 is 2.00 bits per heavy atom. The fourth-order valence-corrected chi connectivity index (χ4v) is 1.83. The molecule has 90 valence electrons. The lowest BCUT2D eigenvalue weighted by Gasteiger charge is -1.97. The zero-order valence-electron chi connectivity index (χ0n) is 9.74. The number of nitrogens with zero attached hydrogens (tertiary/aromatic N) is 1. The highest BCUT2D eigenvalue weighted by atomic mass is 35.5. The van der Waals surface area contributed by atoms with Crippen LogP contribution >= 0.6 is 11.6 Å². The summed E-state index contributed by atoms with van der Waals surface area (Å²) in [5.41, 5.74) is 7.60. The van der Waals surface area contributed by atoms with E-state index in [9.17, 15) is 0 Å². The molecule has 0 fully saturated rings. The highest BCUT2D eigenvalue weighted by Gasteiger charge is 2.09. The molecule has 0 radical (unpaired) electrons. The quantitative estimate of drug-likeness (QED) is 0.908. The minimum absolute atomic E-state index is 0.591. The molecular formula is C13H15ClN2O. The van der Waals surface area contributed by atoms with Crippen LogP contribution in [0.5, 0.6) is 0 Å². The summed E-state index contributed by atoms with van der Waals surface area (Å²) in [6.07, 6.45) is 1.44. The van der Waals surface area contributed by atoms with Crippen LogP contribution in [0.2, 0.25) is 5.02 Å². The fourth-order valence-electron chi connectivity index (χ4n) is 1.71. The predicted molar refractivity (Wildman–Crippen MR) is 68.3 cm³/mol. The Hall–Kier alpha value is -1.32. The number of rotatable bonds is 4. The van der Waals surface area contributed by atoms with E-state index in [4.69, 9.17) is 21.8 Å². The van der Waals surface area contributed by atoms with Crippen LogP contribution in [0.15, 0.2) is 28.7 Å². The van der Waals surface area contributed by atoms with E-state index >= 15 is 0 Å². The van der Waals surface area contributed by atoms with E-state index in [1.807, 2.05) is 31.2 Å². The number of nitrogens with two attached hydrogens (primary N) is 1. The van der Waals surface area contributed by atoms with Crippen LogP contribution in [-0.4, -0.2) is 11.5 Å². The first-order chi connectivity index (χ1) is 8.19. The van der Waals surface area contributed by atoms with Gasteiger partial charge < -0.3 is 10.2 Å². The Labute approximate surface area is 106 Å². The first kappa shape index (κ1) is 12.1. The van der Waals surface area contributed by atoms with Crippen molar-refractivity contribution in [3.05, 3.63) is 52.2 Å². The summed E-state index contributed by atoms with van der Waals surface area (Å²) in [6, 6.07) is 7.69. The van der Waals surface area contributed by atoms with Gasteiger partial charge in [-0.2, -0.15) is 0 Å². The predicted octanol–water partition coefficient (Wildman–Crippen LogP) is 2.73. The molecular weight excluding hydrogens is 236 g/mol. The molecule has 2 aromatic rings. The number of aryl methyl sites for hydroxylation is 1. The van der Waals surface area contributed by atoms with Crippen molar-refractivity contribution < 1.29 is 4.42 Å². The van der Waals surface area contributed by atoms with E-state index in [2.05, 4.69) is 4.98 Å². The molecule has 1 aromatic carbocycles. The van der Waals surface area contributed by atoms with Crippen molar-refractivity contribution in [3.63, 3.8) is 0 Å². The van der Waals surface area contributed by atoms with Crippen molar-refractivity contribution >= 4 is 11.6 Å². The molecule has 0 aliphatic carbocycles. The standard InChI is InChI=1S/C13H15ClN2O/c1-9-12(6-7-15)16-13(17-9)8-10-2-4-11(14)5-3-10/h2-5H,6-8,15H2,1H3. The van der Waals surface area contributed by atoms with Crippen molar-refractivity contribution in [1.82, 2.24) is 4.98 Å². The van der Waals surface area contributed by atoms with Crippen LogP contribution in [0.1, 0.15) is 22.9 Å². The molecule has 0 amide bonds. The zero-order chi connectivity index (χ0) is 12.3. The van der Waals surface area contributed by atoms with E-state index in [0.717, 1.165) is 34.4 Å². The van der Waals surface area contributed by atoms with Gasteiger partial charge in [0.2, 0.25) is 0 Å². The van der Waals surface area contributed by atoms with Gasteiger partial charge in [-0.25, -0.2) is 4.98 Å². The molecule has 4 heteroatoms. The lowest BCUT2D eigenvalue weighted by Crippen LogP contribution is -2.04. The van der Waals surface area contributed by atoms with Gasteiger partial charge in [-0.05, 0) is 31.2 Å². The third kappa shape index (κ3) is 3.08. The first-order valence-corrected chi connectivity index (χ1v) is 5.96. The SMILES string of the molecule is Cc1oc(Cc2ccc(Cl)cc2)nc1CCN. The maximum Gasteiger partial charge on any atom is 0.199 e. The highest BCUT2D eigenvalue weighted by Crippen LogP contribution is 2.16. The van der Waals surface area contributed by atoms with Gasteiger partial charge >= 0.3 is 0 Å². The average Bonchev–Trinajstić information content (AvgIpc) is 2.63. The molecule has 0 bridgehead atoms. The number of halogens is 1. The normalized spacial score (nSPS) is 10.8. The number of hydrogen-bond donors (Lipinski definition) is 1. The van der Waals surface area contributed by atoms with Gasteiger partial charge in [0, 0.05) is 17.9 Å². The van der Waals surface area contributed by atoms with E-state index in [1.165, 1.54) is 0 Å².